The Hall–Kier alpha value is -2.77. The van der Waals surface area contributed by atoms with E-state index in [1.54, 1.807) is 19.2 Å². The third kappa shape index (κ3) is 3.48. The van der Waals surface area contributed by atoms with Gasteiger partial charge in [0.25, 0.3) is 0 Å². The molecule has 4 unspecified atom stereocenters. The average Bonchev–Trinajstić information content (AvgIpc) is 3.26. The van der Waals surface area contributed by atoms with Crippen molar-refractivity contribution in [2.24, 2.45) is 11.7 Å². The molecule has 0 amide bonds. The summed E-state index contributed by atoms with van der Waals surface area (Å²) in [5.41, 5.74) is 7.06. The zero-order valence-corrected chi connectivity index (χ0v) is 16.9. The predicted molar refractivity (Wildman–Crippen MR) is 110 cm³/mol. The Morgan fingerprint density at radius 1 is 1.17 bits per heavy atom. The summed E-state index contributed by atoms with van der Waals surface area (Å²) >= 11 is 0. The van der Waals surface area contributed by atoms with E-state index in [0.717, 1.165) is 18.4 Å². The zero-order valence-electron chi connectivity index (χ0n) is 16.9. The van der Waals surface area contributed by atoms with Crippen molar-refractivity contribution in [1.29, 1.82) is 0 Å². The number of nitrogens with two attached hydrogens (primary N) is 1. The van der Waals surface area contributed by atoms with E-state index in [1.807, 2.05) is 30.3 Å². The molecule has 0 saturated heterocycles. The van der Waals surface area contributed by atoms with Crippen molar-refractivity contribution in [2.45, 2.75) is 36.9 Å². The van der Waals surface area contributed by atoms with Crippen molar-refractivity contribution in [3.05, 3.63) is 53.6 Å². The minimum absolute atomic E-state index is 0.477. The first kappa shape index (κ1) is 20.5. The van der Waals surface area contributed by atoms with Crippen LogP contribution in [0.25, 0.3) is 0 Å². The molecule has 1 aliphatic heterocycles. The van der Waals surface area contributed by atoms with Gasteiger partial charge in [-0.25, -0.2) is 0 Å². The molecule has 2 aromatic carbocycles. The molecule has 0 bridgehead atoms. The van der Waals surface area contributed by atoms with E-state index < -0.39 is 35.9 Å². The lowest BCUT2D eigenvalue weighted by Crippen LogP contribution is -2.30. The lowest BCUT2D eigenvalue weighted by atomic mass is 9.87. The second kappa shape index (κ2) is 8.53. The number of fused-ring (bicyclic) bond motifs is 3. The Balaban J connectivity index is 1.69. The molecular formula is C23H27NO6. The second-order valence-electron chi connectivity index (χ2n) is 7.78. The van der Waals surface area contributed by atoms with Crippen LogP contribution < -0.4 is 19.9 Å². The summed E-state index contributed by atoms with van der Waals surface area (Å²) < 4.78 is 17.7. The van der Waals surface area contributed by atoms with E-state index in [-0.39, 0.29) is 0 Å². The minimum atomic E-state index is -1.09. The van der Waals surface area contributed by atoms with Crippen molar-refractivity contribution in [2.75, 3.05) is 20.3 Å². The SMILES string of the molecule is COc1cc(OCCCCN)cc2c1C1C(O)C(C(=O)O)[C@@H](c3ccccc3)C1O2. The lowest BCUT2D eigenvalue weighted by Gasteiger charge is -2.23. The third-order valence-electron chi connectivity index (χ3n) is 6.06. The number of aliphatic carboxylic acids is 1. The quantitative estimate of drug-likeness (QED) is 0.570. The van der Waals surface area contributed by atoms with Crippen LogP contribution in [0.3, 0.4) is 0 Å². The van der Waals surface area contributed by atoms with Crippen LogP contribution in [-0.2, 0) is 4.79 Å². The number of hydrogen-bond donors (Lipinski definition) is 3. The number of carboxylic acid groups (broad SMARTS) is 1. The lowest BCUT2D eigenvalue weighted by molar-refractivity contribution is -0.145. The molecule has 7 heteroatoms. The normalized spacial score (nSPS) is 26.6. The smallest absolute Gasteiger partial charge is 0.309 e. The number of carboxylic acids is 1. The van der Waals surface area contributed by atoms with Crippen molar-refractivity contribution in [1.82, 2.24) is 0 Å². The van der Waals surface area contributed by atoms with E-state index in [9.17, 15) is 15.0 Å². The summed E-state index contributed by atoms with van der Waals surface area (Å²) in [5.74, 6) is -1.25. The van der Waals surface area contributed by atoms with E-state index in [2.05, 4.69) is 0 Å². The van der Waals surface area contributed by atoms with Gasteiger partial charge in [-0.15, -0.1) is 0 Å². The van der Waals surface area contributed by atoms with Gasteiger partial charge < -0.3 is 30.2 Å². The Kier molecular flexibility index (Phi) is 5.83. The molecule has 5 atom stereocenters. The Morgan fingerprint density at radius 2 is 1.93 bits per heavy atom. The van der Waals surface area contributed by atoms with E-state index in [1.165, 1.54) is 0 Å². The highest BCUT2D eigenvalue weighted by molar-refractivity contribution is 5.75. The maximum atomic E-state index is 12.0. The number of benzene rings is 2. The number of unbranched alkanes of at least 4 members (excludes halogenated alkanes) is 1. The first-order valence-corrected chi connectivity index (χ1v) is 10.2. The topological polar surface area (TPSA) is 111 Å². The van der Waals surface area contributed by atoms with Crippen molar-refractivity contribution in [3.8, 4) is 17.2 Å². The highest BCUT2D eigenvalue weighted by atomic mass is 16.5. The molecule has 4 N–H and O–H groups in total. The molecular weight excluding hydrogens is 386 g/mol. The van der Waals surface area contributed by atoms with Crippen LogP contribution >= 0.6 is 0 Å². The molecule has 2 aromatic rings. The first-order chi connectivity index (χ1) is 14.6. The standard InChI is InChI=1S/C23H27NO6/c1-28-15-11-14(29-10-6-5-9-24)12-16-18(15)19-21(25)20(23(26)27)17(22(19)30-16)13-7-3-2-4-8-13/h2-4,7-8,11-12,17,19-22,25H,5-6,9-10,24H2,1H3,(H,26,27)/t17-,19?,20?,21?,22?/m1/s1. The van der Waals surface area contributed by atoms with Gasteiger partial charge in [0.1, 0.15) is 23.4 Å². The summed E-state index contributed by atoms with van der Waals surface area (Å²) in [6.45, 7) is 1.15. The van der Waals surface area contributed by atoms with Gasteiger partial charge in [-0.05, 0) is 24.9 Å². The van der Waals surface area contributed by atoms with Crippen molar-refractivity contribution < 1.29 is 29.2 Å². The average molecular weight is 413 g/mol. The van der Waals surface area contributed by atoms with Gasteiger partial charge in [-0.3, -0.25) is 4.79 Å². The molecule has 0 radical (unpaired) electrons. The largest absolute Gasteiger partial charge is 0.496 e. The Labute approximate surface area is 175 Å². The molecule has 7 nitrogen and oxygen atoms in total. The zero-order chi connectivity index (χ0) is 21.3. The summed E-state index contributed by atoms with van der Waals surface area (Å²) in [5, 5.41) is 20.9. The van der Waals surface area contributed by atoms with E-state index in [0.29, 0.717) is 36.0 Å². The van der Waals surface area contributed by atoms with Crippen LogP contribution in [0, 0.1) is 5.92 Å². The van der Waals surface area contributed by atoms with Gasteiger partial charge in [0.2, 0.25) is 0 Å². The highest BCUT2D eigenvalue weighted by Gasteiger charge is 2.59. The molecule has 1 heterocycles. The summed E-state index contributed by atoms with van der Waals surface area (Å²) in [6, 6.07) is 12.9. The predicted octanol–water partition coefficient (Wildman–Crippen LogP) is 2.52. The molecule has 1 saturated carbocycles. The van der Waals surface area contributed by atoms with Gasteiger partial charge in [0.05, 0.1) is 31.7 Å². The highest BCUT2D eigenvalue weighted by Crippen LogP contribution is 2.58. The first-order valence-electron chi connectivity index (χ1n) is 10.2. The van der Waals surface area contributed by atoms with Crippen LogP contribution in [0.1, 0.15) is 35.8 Å². The van der Waals surface area contributed by atoms with Crippen LogP contribution in [0.4, 0.5) is 0 Å². The van der Waals surface area contributed by atoms with Crippen LogP contribution in [0.15, 0.2) is 42.5 Å². The van der Waals surface area contributed by atoms with Crippen molar-refractivity contribution in [3.63, 3.8) is 0 Å². The van der Waals surface area contributed by atoms with Gasteiger partial charge in [0.15, 0.2) is 0 Å². The second-order valence-corrected chi connectivity index (χ2v) is 7.78. The summed E-state index contributed by atoms with van der Waals surface area (Å²) in [7, 11) is 1.55. The molecule has 1 fully saturated rings. The number of aliphatic hydroxyl groups excluding tert-OH is 1. The van der Waals surface area contributed by atoms with Gasteiger partial charge in [-0.2, -0.15) is 0 Å². The summed E-state index contributed by atoms with van der Waals surface area (Å²) in [6.07, 6.45) is 0.130. The number of aliphatic hydroxyl groups is 1. The summed E-state index contributed by atoms with van der Waals surface area (Å²) in [4.78, 5) is 12.0. The molecule has 0 aromatic heterocycles. The van der Waals surface area contributed by atoms with Gasteiger partial charge in [-0.1, -0.05) is 30.3 Å². The maximum Gasteiger partial charge on any atom is 0.309 e. The minimum Gasteiger partial charge on any atom is -0.496 e. The number of carbonyl (C=O) groups is 1. The van der Waals surface area contributed by atoms with Crippen LogP contribution in [0.5, 0.6) is 17.2 Å². The number of methoxy groups -OCH3 is 1. The van der Waals surface area contributed by atoms with E-state index >= 15 is 0 Å². The van der Waals surface area contributed by atoms with Crippen LogP contribution in [-0.4, -0.2) is 48.7 Å². The van der Waals surface area contributed by atoms with Crippen molar-refractivity contribution >= 4 is 5.97 Å². The molecule has 4 rings (SSSR count). The Morgan fingerprint density at radius 3 is 2.60 bits per heavy atom. The fraction of sp³-hybridized carbons (Fsp3) is 0.435. The molecule has 2 aliphatic rings. The fourth-order valence-corrected chi connectivity index (χ4v) is 4.75. The number of rotatable bonds is 8. The number of ether oxygens (including phenoxy) is 3. The number of hydrogen-bond acceptors (Lipinski definition) is 6. The third-order valence-corrected chi connectivity index (χ3v) is 6.06. The van der Waals surface area contributed by atoms with E-state index in [4.69, 9.17) is 19.9 Å². The Bertz CT molecular complexity index is 902. The fourth-order valence-electron chi connectivity index (χ4n) is 4.75. The van der Waals surface area contributed by atoms with Gasteiger partial charge in [0, 0.05) is 23.6 Å². The molecule has 160 valence electrons. The molecule has 0 spiro atoms. The van der Waals surface area contributed by atoms with Crippen LogP contribution in [0.2, 0.25) is 0 Å². The monoisotopic (exact) mass is 413 g/mol. The maximum absolute atomic E-state index is 12.0. The van der Waals surface area contributed by atoms with Gasteiger partial charge >= 0.3 is 5.97 Å². The molecule has 1 aliphatic carbocycles. The molecule has 30 heavy (non-hydrogen) atoms.